The van der Waals surface area contributed by atoms with E-state index in [0.717, 1.165) is 4.68 Å². The molecule has 1 fully saturated rings. The zero-order valence-electron chi connectivity index (χ0n) is 22.1. The summed E-state index contributed by atoms with van der Waals surface area (Å²) in [6.45, 7) is 1.19. The Balaban J connectivity index is 1.40. The van der Waals surface area contributed by atoms with Crippen LogP contribution in [0.1, 0.15) is 0 Å². The van der Waals surface area contributed by atoms with Crippen molar-refractivity contribution in [3.05, 3.63) is 123 Å². The van der Waals surface area contributed by atoms with Gasteiger partial charge in [0.1, 0.15) is 5.69 Å². The molecule has 0 amide bonds. The van der Waals surface area contributed by atoms with Gasteiger partial charge in [0.25, 0.3) is 11.2 Å². The Labute approximate surface area is 246 Å². The first-order valence-electron chi connectivity index (χ1n) is 13.1. The predicted octanol–water partition coefficient (Wildman–Crippen LogP) is 5.13. The van der Waals surface area contributed by atoms with Gasteiger partial charge in [-0.05, 0) is 42.5 Å². The molecule has 0 N–H and O–H groups in total. The quantitative estimate of drug-likeness (QED) is 0.196. The summed E-state index contributed by atoms with van der Waals surface area (Å²) in [7, 11) is -3.64. The zero-order valence-corrected chi connectivity index (χ0v) is 23.7. The molecule has 0 spiro atoms. The second kappa shape index (κ2) is 11.0. The average molecular weight is 602 g/mol. The van der Waals surface area contributed by atoms with E-state index in [1.165, 1.54) is 10.4 Å². The molecular formula is C30H24ClN5O5S. The van der Waals surface area contributed by atoms with Crippen molar-refractivity contribution < 1.29 is 13.3 Å². The number of halogens is 1. The number of aromatic nitrogens is 2. The van der Waals surface area contributed by atoms with Crippen LogP contribution in [0.15, 0.2) is 107 Å². The molecule has 42 heavy (non-hydrogen) atoms. The molecule has 4 aromatic carbocycles. The Morgan fingerprint density at radius 3 is 2.12 bits per heavy atom. The molecule has 0 aliphatic carbocycles. The summed E-state index contributed by atoms with van der Waals surface area (Å²) in [6.07, 6.45) is 0. The first kappa shape index (κ1) is 27.6. The largest absolute Gasteiger partial charge is 0.369 e. The number of sulfonamides is 1. The summed E-state index contributed by atoms with van der Waals surface area (Å²) in [5, 5.41) is 18.2. The van der Waals surface area contributed by atoms with Gasteiger partial charge in [-0.2, -0.15) is 14.1 Å². The van der Waals surface area contributed by atoms with Gasteiger partial charge in [-0.15, -0.1) is 0 Å². The third-order valence-electron chi connectivity index (χ3n) is 7.29. The average Bonchev–Trinajstić information content (AvgIpc) is 3.02. The summed E-state index contributed by atoms with van der Waals surface area (Å²) < 4.78 is 28.7. The number of rotatable bonds is 6. The highest BCUT2D eigenvalue weighted by Crippen LogP contribution is 2.31. The molecule has 1 aliphatic heterocycles. The number of hydrogen-bond acceptors (Lipinski definition) is 7. The van der Waals surface area contributed by atoms with Gasteiger partial charge in [0, 0.05) is 53.9 Å². The van der Waals surface area contributed by atoms with Gasteiger partial charge in [0.2, 0.25) is 10.0 Å². The fraction of sp³-hybridized carbons (Fsp3) is 0.133. The van der Waals surface area contributed by atoms with Crippen molar-refractivity contribution in [1.29, 1.82) is 0 Å². The van der Waals surface area contributed by atoms with E-state index < -0.39 is 20.5 Å². The third kappa shape index (κ3) is 5.02. The highest BCUT2D eigenvalue weighted by Gasteiger charge is 2.29. The standard InChI is InChI=1S/C30H24ClN5O5S/c31-22-12-10-21(11-13-22)29-25-8-4-5-9-26(25)30(37)35(32-29)28-20-23(14-15-27(28)36(38)39)33-16-18-34(19-17-33)42(40,41)24-6-2-1-3-7-24/h1-15,20H,16-19H2. The van der Waals surface area contributed by atoms with Crippen molar-refractivity contribution in [1.82, 2.24) is 14.1 Å². The zero-order chi connectivity index (χ0) is 29.4. The number of hydrogen-bond donors (Lipinski definition) is 0. The molecule has 2 heterocycles. The summed E-state index contributed by atoms with van der Waals surface area (Å²) in [4.78, 5) is 27.4. The first-order valence-corrected chi connectivity index (χ1v) is 14.9. The summed E-state index contributed by atoms with van der Waals surface area (Å²) in [5.74, 6) is 0. The molecule has 6 rings (SSSR count). The van der Waals surface area contributed by atoms with E-state index in [1.807, 2.05) is 4.90 Å². The lowest BCUT2D eigenvalue weighted by Gasteiger charge is -2.35. The van der Waals surface area contributed by atoms with Crippen LogP contribution in [-0.4, -0.2) is 53.6 Å². The second-order valence-electron chi connectivity index (χ2n) is 9.75. The van der Waals surface area contributed by atoms with E-state index in [0.29, 0.717) is 45.8 Å². The summed E-state index contributed by atoms with van der Waals surface area (Å²) >= 11 is 6.09. The van der Waals surface area contributed by atoms with E-state index in [-0.39, 0.29) is 29.4 Å². The monoisotopic (exact) mass is 601 g/mol. The van der Waals surface area contributed by atoms with Crippen LogP contribution in [0.3, 0.4) is 0 Å². The molecule has 10 nitrogen and oxygen atoms in total. The lowest BCUT2D eigenvalue weighted by molar-refractivity contribution is -0.384. The van der Waals surface area contributed by atoms with Crippen molar-refractivity contribution in [3.63, 3.8) is 0 Å². The first-order chi connectivity index (χ1) is 20.2. The minimum Gasteiger partial charge on any atom is -0.369 e. The molecule has 212 valence electrons. The molecule has 5 aromatic rings. The van der Waals surface area contributed by atoms with E-state index in [4.69, 9.17) is 11.6 Å². The Morgan fingerprint density at radius 1 is 0.810 bits per heavy atom. The third-order valence-corrected chi connectivity index (χ3v) is 9.46. The number of fused-ring (bicyclic) bond motifs is 1. The molecule has 1 aliphatic rings. The van der Waals surface area contributed by atoms with Gasteiger partial charge in [-0.3, -0.25) is 14.9 Å². The summed E-state index contributed by atoms with van der Waals surface area (Å²) in [5.41, 5.74) is 1.02. The smallest absolute Gasteiger partial charge is 0.295 e. The van der Waals surface area contributed by atoms with Crippen molar-refractivity contribution in [2.75, 3.05) is 31.1 Å². The van der Waals surface area contributed by atoms with Crippen LogP contribution in [0.5, 0.6) is 0 Å². The molecule has 1 aromatic heterocycles. The number of piperazine rings is 1. The van der Waals surface area contributed by atoms with E-state index in [2.05, 4.69) is 5.10 Å². The topological polar surface area (TPSA) is 119 Å². The maximum atomic E-state index is 13.7. The molecule has 1 saturated heterocycles. The van der Waals surface area contributed by atoms with Crippen LogP contribution in [0, 0.1) is 10.1 Å². The fourth-order valence-corrected chi connectivity index (χ4v) is 6.70. The van der Waals surface area contributed by atoms with Gasteiger partial charge < -0.3 is 4.90 Å². The SMILES string of the molecule is O=c1c2ccccc2c(-c2ccc(Cl)cc2)nn1-c1cc(N2CCN(S(=O)(=O)c3ccccc3)CC2)ccc1[N+](=O)[O-]. The van der Waals surface area contributed by atoms with Gasteiger partial charge in [-0.1, -0.05) is 60.1 Å². The summed E-state index contributed by atoms with van der Waals surface area (Å²) in [6, 6.07) is 26.7. The van der Waals surface area contributed by atoms with Crippen molar-refractivity contribution in [2.24, 2.45) is 0 Å². The molecule has 0 bridgehead atoms. The van der Waals surface area contributed by atoms with Crippen LogP contribution in [0.2, 0.25) is 5.02 Å². The normalized spacial score (nSPS) is 14.3. The molecular weight excluding hydrogens is 578 g/mol. The fourth-order valence-electron chi connectivity index (χ4n) is 5.13. The van der Waals surface area contributed by atoms with Crippen LogP contribution in [0.25, 0.3) is 27.7 Å². The van der Waals surface area contributed by atoms with Gasteiger partial charge in [-0.25, -0.2) is 8.42 Å². The number of nitro benzene ring substituents is 1. The Hall–Kier alpha value is -4.58. The maximum Gasteiger partial charge on any atom is 0.295 e. The lowest BCUT2D eigenvalue weighted by Crippen LogP contribution is -2.48. The van der Waals surface area contributed by atoms with Crippen molar-refractivity contribution in [2.45, 2.75) is 4.90 Å². The van der Waals surface area contributed by atoms with E-state index in [1.54, 1.807) is 91.0 Å². The van der Waals surface area contributed by atoms with E-state index >= 15 is 0 Å². The van der Waals surface area contributed by atoms with Gasteiger partial charge in [0.15, 0.2) is 0 Å². The Kier molecular flexibility index (Phi) is 7.23. The second-order valence-corrected chi connectivity index (χ2v) is 12.1. The number of nitrogens with zero attached hydrogens (tertiary/aromatic N) is 5. The van der Waals surface area contributed by atoms with Crippen LogP contribution < -0.4 is 10.5 Å². The number of anilines is 1. The van der Waals surface area contributed by atoms with Crippen LogP contribution in [0.4, 0.5) is 11.4 Å². The Bertz CT molecular complexity index is 1970. The maximum absolute atomic E-state index is 13.7. The molecule has 12 heteroatoms. The van der Waals surface area contributed by atoms with Crippen LogP contribution in [-0.2, 0) is 10.0 Å². The predicted molar refractivity (Wildman–Crippen MR) is 162 cm³/mol. The van der Waals surface area contributed by atoms with Gasteiger partial charge >= 0.3 is 0 Å². The molecule has 0 atom stereocenters. The van der Waals surface area contributed by atoms with Crippen molar-refractivity contribution in [3.8, 4) is 16.9 Å². The number of benzene rings is 4. The highest BCUT2D eigenvalue weighted by molar-refractivity contribution is 7.89. The molecule has 0 saturated carbocycles. The Morgan fingerprint density at radius 2 is 1.45 bits per heavy atom. The van der Waals surface area contributed by atoms with Gasteiger partial charge in [0.05, 0.1) is 20.9 Å². The van der Waals surface area contributed by atoms with Crippen LogP contribution >= 0.6 is 11.6 Å². The minimum atomic E-state index is -3.64. The number of nitro groups is 1. The lowest BCUT2D eigenvalue weighted by atomic mass is 10.0. The van der Waals surface area contributed by atoms with Crippen molar-refractivity contribution >= 4 is 43.8 Å². The highest BCUT2D eigenvalue weighted by atomic mass is 35.5. The molecule has 0 radical (unpaired) electrons. The van der Waals surface area contributed by atoms with E-state index in [9.17, 15) is 23.3 Å². The molecule has 0 unspecified atom stereocenters. The minimum absolute atomic E-state index is 0.0165.